The maximum absolute atomic E-state index is 14.9. The van der Waals surface area contributed by atoms with E-state index >= 15 is 0 Å². The number of aromatic nitrogens is 3. The Bertz CT molecular complexity index is 1100. The number of nitrogens with zero attached hydrogens (tertiary/aromatic N) is 4. The second-order valence-electron chi connectivity index (χ2n) is 8.13. The number of nitrogens with one attached hydrogen (secondary N) is 1. The molecule has 3 aromatic rings. The number of halogens is 1. The molecule has 2 aliphatic rings. The Hall–Kier alpha value is -3.06. The fourth-order valence-electron chi connectivity index (χ4n) is 4.38. The molecule has 1 fully saturated rings. The maximum Gasteiger partial charge on any atom is 0.147 e. The second-order valence-corrected chi connectivity index (χ2v) is 8.13. The minimum absolute atomic E-state index is 0.124. The van der Waals surface area contributed by atoms with Crippen LogP contribution in [0.2, 0.25) is 0 Å². The molecule has 0 saturated carbocycles. The van der Waals surface area contributed by atoms with Gasteiger partial charge in [-0.2, -0.15) is 0 Å². The molecule has 0 radical (unpaired) electrons. The molecule has 148 valence electrons. The van der Waals surface area contributed by atoms with Gasteiger partial charge in [-0.1, -0.05) is 12.2 Å². The number of phenols is 1. The Kier molecular flexibility index (Phi) is 4.03. The summed E-state index contributed by atoms with van der Waals surface area (Å²) in [5.74, 6) is 0.731. The molecule has 7 heteroatoms. The maximum atomic E-state index is 14.9. The van der Waals surface area contributed by atoms with Crippen molar-refractivity contribution in [3.63, 3.8) is 0 Å². The van der Waals surface area contributed by atoms with Crippen LogP contribution in [0.5, 0.6) is 5.75 Å². The average molecular weight is 391 g/mol. The Labute approximate surface area is 168 Å². The van der Waals surface area contributed by atoms with E-state index in [-0.39, 0.29) is 23.4 Å². The van der Waals surface area contributed by atoms with Crippen molar-refractivity contribution in [3.8, 4) is 17.0 Å². The van der Waals surface area contributed by atoms with Gasteiger partial charge in [0.05, 0.1) is 30.2 Å². The van der Waals surface area contributed by atoms with Crippen LogP contribution in [-0.2, 0) is 0 Å². The summed E-state index contributed by atoms with van der Waals surface area (Å²) in [6.07, 6.45) is 10.3. The lowest BCUT2D eigenvalue weighted by atomic mass is 9.87. The number of hydrogen-bond donors (Lipinski definition) is 2. The van der Waals surface area contributed by atoms with Gasteiger partial charge in [-0.3, -0.25) is 15.3 Å². The third-order valence-electron chi connectivity index (χ3n) is 6.04. The quantitative estimate of drug-likeness (QED) is 0.668. The van der Waals surface area contributed by atoms with Crippen LogP contribution in [0.3, 0.4) is 0 Å². The van der Waals surface area contributed by atoms with Crippen molar-refractivity contribution in [2.45, 2.75) is 37.1 Å². The summed E-state index contributed by atoms with van der Waals surface area (Å²) in [5, 5.41) is 15.5. The number of alkyl halides is 1. The van der Waals surface area contributed by atoms with Crippen LogP contribution < -0.4 is 10.2 Å². The number of hydrogen-bond acceptors (Lipinski definition) is 6. The van der Waals surface area contributed by atoms with Crippen LogP contribution in [0.25, 0.3) is 22.0 Å². The van der Waals surface area contributed by atoms with E-state index in [0.717, 1.165) is 10.8 Å². The number of pyridine rings is 1. The molecule has 4 heterocycles. The number of aromatic hydroxyl groups is 1. The Morgan fingerprint density at radius 2 is 2.07 bits per heavy atom. The molecule has 0 aliphatic carbocycles. The first-order chi connectivity index (χ1) is 13.9. The van der Waals surface area contributed by atoms with Gasteiger partial charge >= 0.3 is 0 Å². The van der Waals surface area contributed by atoms with E-state index in [1.54, 1.807) is 30.9 Å². The molecule has 2 aliphatic heterocycles. The standard InChI is InChI=1S/C22H22FN5O/c1-22-5-3-16(27-22)21(23)18(9-22)28(2)20-12-25-17(11-26-20)15-7-13-4-6-24-10-14(13)8-19(15)29/h3-8,10-12,16,18,21,27,29H,9H2,1-2H3/t16-,18+,21+,22+/m1/s1. The van der Waals surface area contributed by atoms with Crippen LogP contribution in [-0.4, -0.2) is 50.9 Å². The summed E-state index contributed by atoms with van der Waals surface area (Å²) < 4.78 is 14.9. The minimum atomic E-state index is -1.02. The highest BCUT2D eigenvalue weighted by Gasteiger charge is 2.46. The van der Waals surface area contributed by atoms with E-state index < -0.39 is 6.17 Å². The van der Waals surface area contributed by atoms with Crippen LogP contribution >= 0.6 is 0 Å². The summed E-state index contributed by atoms with van der Waals surface area (Å²) >= 11 is 0. The predicted molar refractivity (Wildman–Crippen MR) is 111 cm³/mol. The van der Waals surface area contributed by atoms with Crippen molar-refractivity contribution in [3.05, 3.63) is 55.1 Å². The third kappa shape index (κ3) is 3.02. The van der Waals surface area contributed by atoms with Gasteiger partial charge < -0.3 is 10.0 Å². The van der Waals surface area contributed by atoms with E-state index in [4.69, 9.17) is 0 Å². The number of fused-ring (bicyclic) bond motifs is 3. The lowest BCUT2D eigenvalue weighted by molar-refractivity contribution is 0.155. The molecule has 4 atom stereocenters. The van der Waals surface area contributed by atoms with Gasteiger partial charge in [0.2, 0.25) is 0 Å². The van der Waals surface area contributed by atoms with Crippen LogP contribution in [0, 0.1) is 0 Å². The van der Waals surface area contributed by atoms with Gasteiger partial charge in [0.1, 0.15) is 17.7 Å². The molecule has 0 amide bonds. The monoisotopic (exact) mass is 391 g/mol. The topological polar surface area (TPSA) is 74.2 Å². The van der Waals surface area contributed by atoms with Crippen molar-refractivity contribution in [2.75, 3.05) is 11.9 Å². The van der Waals surface area contributed by atoms with Gasteiger partial charge in [-0.05, 0) is 36.9 Å². The zero-order valence-electron chi connectivity index (χ0n) is 16.2. The molecular formula is C22H22FN5O. The first-order valence-electron chi connectivity index (χ1n) is 9.67. The molecule has 1 saturated heterocycles. The second kappa shape index (κ2) is 6.49. The summed E-state index contributed by atoms with van der Waals surface area (Å²) in [5.41, 5.74) is 0.977. The molecule has 2 aromatic heterocycles. The van der Waals surface area contributed by atoms with Crippen molar-refractivity contribution in [2.24, 2.45) is 0 Å². The normalized spacial score (nSPS) is 28.0. The summed E-state index contributed by atoms with van der Waals surface area (Å²) in [6.45, 7) is 2.09. The summed E-state index contributed by atoms with van der Waals surface area (Å²) in [7, 11) is 1.86. The number of piperidine rings is 1. The first-order valence-corrected chi connectivity index (χ1v) is 9.67. The molecule has 2 N–H and O–H groups in total. The Morgan fingerprint density at radius 3 is 2.86 bits per heavy atom. The van der Waals surface area contributed by atoms with Crippen molar-refractivity contribution in [1.29, 1.82) is 0 Å². The highest BCUT2D eigenvalue weighted by molar-refractivity contribution is 5.89. The van der Waals surface area contributed by atoms with Gasteiger partial charge in [0.15, 0.2) is 0 Å². The van der Waals surface area contributed by atoms with Gasteiger partial charge in [-0.15, -0.1) is 0 Å². The lowest BCUT2D eigenvalue weighted by Gasteiger charge is -2.43. The van der Waals surface area contributed by atoms with Crippen LogP contribution in [0.4, 0.5) is 10.2 Å². The Morgan fingerprint density at radius 1 is 1.21 bits per heavy atom. The zero-order chi connectivity index (χ0) is 20.2. The number of anilines is 1. The van der Waals surface area contributed by atoms with E-state index in [1.165, 1.54) is 0 Å². The molecule has 5 rings (SSSR count). The molecule has 1 aromatic carbocycles. The predicted octanol–water partition coefficient (Wildman–Crippen LogP) is 3.23. The van der Waals surface area contributed by atoms with E-state index in [2.05, 4.69) is 33.3 Å². The van der Waals surface area contributed by atoms with Crippen molar-refractivity contribution in [1.82, 2.24) is 20.3 Å². The van der Waals surface area contributed by atoms with E-state index in [1.807, 2.05) is 30.2 Å². The molecule has 0 unspecified atom stereocenters. The zero-order valence-corrected chi connectivity index (χ0v) is 16.2. The fourth-order valence-corrected chi connectivity index (χ4v) is 4.38. The van der Waals surface area contributed by atoms with Crippen molar-refractivity contribution >= 4 is 16.6 Å². The summed E-state index contributed by atoms with van der Waals surface area (Å²) in [4.78, 5) is 14.9. The highest BCUT2D eigenvalue weighted by Crippen LogP contribution is 2.36. The molecule has 6 nitrogen and oxygen atoms in total. The van der Waals surface area contributed by atoms with Crippen LogP contribution in [0.1, 0.15) is 13.3 Å². The molecule has 2 bridgehead atoms. The average Bonchev–Trinajstić information content (AvgIpc) is 3.07. The number of rotatable bonds is 3. The minimum Gasteiger partial charge on any atom is -0.507 e. The van der Waals surface area contributed by atoms with Gasteiger partial charge in [-0.25, -0.2) is 9.37 Å². The van der Waals surface area contributed by atoms with Crippen LogP contribution in [0.15, 0.2) is 55.1 Å². The third-order valence-corrected chi connectivity index (χ3v) is 6.04. The number of phenolic OH excluding ortho intramolecular Hbond substituents is 1. The van der Waals surface area contributed by atoms with E-state index in [9.17, 15) is 9.50 Å². The van der Waals surface area contributed by atoms with E-state index in [0.29, 0.717) is 23.5 Å². The smallest absolute Gasteiger partial charge is 0.147 e. The van der Waals surface area contributed by atoms with Gasteiger partial charge in [0, 0.05) is 35.9 Å². The highest BCUT2D eigenvalue weighted by atomic mass is 19.1. The van der Waals surface area contributed by atoms with Gasteiger partial charge in [0.25, 0.3) is 0 Å². The molecule has 0 spiro atoms. The number of benzene rings is 1. The fraction of sp³-hybridized carbons (Fsp3) is 0.318. The first kappa shape index (κ1) is 18.0. The van der Waals surface area contributed by atoms with Crippen molar-refractivity contribution < 1.29 is 9.50 Å². The SMILES string of the molecule is CN(c1cnc(-c2cc3ccncc3cc2O)cn1)[C@H]1C[C@]2(C)C=C[C@@H](N2)[C@@H]1F. The Balaban J connectivity index is 1.43. The molecule has 29 heavy (non-hydrogen) atoms. The lowest BCUT2D eigenvalue weighted by Crippen LogP contribution is -2.60. The summed E-state index contributed by atoms with van der Waals surface area (Å²) in [6, 6.07) is 4.87. The molecular weight excluding hydrogens is 369 g/mol. The largest absolute Gasteiger partial charge is 0.507 e.